The fourth-order valence-electron chi connectivity index (χ4n) is 4.31. The van der Waals surface area contributed by atoms with E-state index in [0.717, 1.165) is 28.5 Å². The number of rotatable bonds is 7. The predicted molar refractivity (Wildman–Crippen MR) is 135 cm³/mol. The number of carbonyl (C=O) groups is 2. The molecule has 17 heteroatoms. The third-order valence-electron chi connectivity index (χ3n) is 6.36. The summed E-state index contributed by atoms with van der Waals surface area (Å²) < 4.78 is 47.4. The largest absolute Gasteiger partial charge is 0.451 e. The summed E-state index contributed by atoms with van der Waals surface area (Å²) in [6, 6.07) is 4.42. The van der Waals surface area contributed by atoms with E-state index >= 15 is 0 Å². The third-order valence-corrected chi connectivity index (χ3v) is 6.36. The average Bonchev–Trinajstić information content (AvgIpc) is 3.53. The van der Waals surface area contributed by atoms with Crippen molar-refractivity contribution in [2.24, 2.45) is 7.05 Å². The molecule has 0 spiro atoms. The first-order valence-electron chi connectivity index (χ1n) is 12.1. The fraction of sp³-hybridized carbons (Fsp3) is 0.333. The molecule has 2 unspecified atom stereocenters. The molecular formula is C24H22F3N9O5. The fourth-order valence-corrected chi connectivity index (χ4v) is 4.31. The van der Waals surface area contributed by atoms with E-state index in [1.807, 2.05) is 5.32 Å². The van der Waals surface area contributed by atoms with Crippen LogP contribution in [0.2, 0.25) is 0 Å². The van der Waals surface area contributed by atoms with Crippen molar-refractivity contribution in [1.82, 2.24) is 39.0 Å². The second kappa shape index (κ2) is 10.2. The standard InChI is InChI=1S/C24H22F3N9O5/c1-11(36-10-30-19-17(36)21(39)35(23(40)34(19)3)9-16(38)31-12(2)37)18-20(41-18)33-15-6-4-5-14(32-15)13-7-28-22(29-8-13)24(25,26)27/h4-8,10-11,18,20H,9H2,1-3H3,(H,32,33)(H,31,37,38)/t11-,18?,20?/m0/s1. The average molecular weight is 573 g/mol. The summed E-state index contributed by atoms with van der Waals surface area (Å²) >= 11 is 0. The van der Waals surface area contributed by atoms with Crippen LogP contribution in [0, 0.1) is 0 Å². The van der Waals surface area contributed by atoms with Crippen molar-refractivity contribution in [3.63, 3.8) is 0 Å². The number of amides is 2. The van der Waals surface area contributed by atoms with E-state index in [9.17, 15) is 32.3 Å². The minimum absolute atomic E-state index is 0.0619. The molecule has 4 aromatic rings. The zero-order valence-electron chi connectivity index (χ0n) is 21.7. The first-order valence-corrected chi connectivity index (χ1v) is 12.1. The van der Waals surface area contributed by atoms with Crippen molar-refractivity contribution in [2.75, 3.05) is 5.32 Å². The quantitative estimate of drug-likeness (QED) is 0.302. The number of fused-ring (bicyclic) bond motifs is 1. The Morgan fingerprint density at radius 1 is 1.15 bits per heavy atom. The lowest BCUT2D eigenvalue weighted by Gasteiger charge is -2.13. The highest BCUT2D eigenvalue weighted by Crippen LogP contribution is 2.34. The van der Waals surface area contributed by atoms with Crippen molar-refractivity contribution in [3.05, 3.63) is 63.6 Å². The van der Waals surface area contributed by atoms with Gasteiger partial charge in [0.25, 0.3) is 5.56 Å². The van der Waals surface area contributed by atoms with Crippen molar-refractivity contribution in [1.29, 1.82) is 0 Å². The second-order valence-electron chi connectivity index (χ2n) is 9.27. The van der Waals surface area contributed by atoms with E-state index in [1.165, 1.54) is 17.9 Å². The molecule has 2 amide bonds. The smallest absolute Gasteiger partial charge is 0.346 e. The first-order chi connectivity index (χ1) is 19.3. The van der Waals surface area contributed by atoms with Crippen molar-refractivity contribution >= 4 is 28.8 Å². The number of anilines is 1. The number of nitrogens with zero attached hydrogens (tertiary/aromatic N) is 7. The molecule has 0 radical (unpaired) electrons. The number of imide groups is 1. The molecule has 1 aliphatic heterocycles. The number of alkyl halides is 3. The van der Waals surface area contributed by atoms with Crippen LogP contribution in [0.5, 0.6) is 0 Å². The van der Waals surface area contributed by atoms with Gasteiger partial charge < -0.3 is 14.6 Å². The number of hydrogen-bond acceptors (Lipinski definition) is 10. The molecule has 214 valence electrons. The van der Waals surface area contributed by atoms with Crippen LogP contribution >= 0.6 is 0 Å². The van der Waals surface area contributed by atoms with Gasteiger partial charge in [-0.1, -0.05) is 6.07 Å². The van der Waals surface area contributed by atoms with Gasteiger partial charge in [0, 0.05) is 31.9 Å². The molecule has 2 N–H and O–H groups in total. The molecule has 14 nitrogen and oxygen atoms in total. The van der Waals surface area contributed by atoms with Crippen LogP contribution in [0.25, 0.3) is 22.4 Å². The molecule has 41 heavy (non-hydrogen) atoms. The van der Waals surface area contributed by atoms with E-state index in [-0.39, 0.29) is 16.7 Å². The van der Waals surface area contributed by atoms with E-state index < -0.39 is 60.0 Å². The molecule has 0 saturated carbocycles. The van der Waals surface area contributed by atoms with Gasteiger partial charge in [-0.2, -0.15) is 13.2 Å². The number of pyridine rings is 1. The number of imidazole rings is 1. The maximum Gasteiger partial charge on any atom is 0.451 e. The van der Waals surface area contributed by atoms with Crippen LogP contribution in [0.15, 0.2) is 46.5 Å². The highest BCUT2D eigenvalue weighted by molar-refractivity contribution is 5.93. The SMILES string of the molecule is CC(=O)NC(=O)Cn1c(=O)c2c(ncn2[C@@H](C)C2OC2Nc2cccc(-c3cnc(C(F)(F)F)nc3)n2)n(C)c1=O. The number of aryl methyl sites for hydroxylation is 1. The normalized spacial score (nSPS) is 17.3. The van der Waals surface area contributed by atoms with Gasteiger partial charge in [-0.05, 0) is 19.1 Å². The minimum atomic E-state index is -4.66. The molecule has 0 bridgehead atoms. The highest BCUT2D eigenvalue weighted by atomic mass is 19.4. The third kappa shape index (κ3) is 5.43. The topological polar surface area (TPSA) is 171 Å². The van der Waals surface area contributed by atoms with Crippen molar-refractivity contribution < 1.29 is 27.5 Å². The van der Waals surface area contributed by atoms with Gasteiger partial charge in [0.05, 0.1) is 18.1 Å². The zero-order valence-corrected chi connectivity index (χ0v) is 21.7. The Hall–Kier alpha value is -4.93. The number of epoxide rings is 1. The number of carbonyl (C=O) groups excluding carboxylic acids is 2. The summed E-state index contributed by atoms with van der Waals surface area (Å²) in [4.78, 5) is 64.5. The van der Waals surface area contributed by atoms with E-state index in [0.29, 0.717) is 11.5 Å². The Morgan fingerprint density at radius 2 is 1.85 bits per heavy atom. The van der Waals surface area contributed by atoms with Gasteiger partial charge in [-0.15, -0.1) is 0 Å². The Kier molecular flexibility index (Phi) is 6.90. The monoisotopic (exact) mass is 573 g/mol. The molecule has 5 heterocycles. The summed E-state index contributed by atoms with van der Waals surface area (Å²) in [6.45, 7) is 2.25. The molecule has 0 aromatic carbocycles. The molecule has 1 fully saturated rings. The summed E-state index contributed by atoms with van der Waals surface area (Å²) in [5.74, 6) is -2.32. The number of hydrogen-bond donors (Lipinski definition) is 2. The maximum atomic E-state index is 13.3. The molecule has 3 atom stereocenters. The van der Waals surface area contributed by atoms with Gasteiger partial charge >= 0.3 is 11.9 Å². The molecule has 1 saturated heterocycles. The van der Waals surface area contributed by atoms with Gasteiger partial charge in [0.15, 0.2) is 17.4 Å². The van der Waals surface area contributed by atoms with Gasteiger partial charge in [-0.3, -0.25) is 24.3 Å². The Morgan fingerprint density at radius 3 is 2.51 bits per heavy atom. The van der Waals surface area contributed by atoms with Crippen molar-refractivity contribution in [2.45, 2.75) is 44.9 Å². The van der Waals surface area contributed by atoms with Crippen LogP contribution in [-0.4, -0.2) is 57.8 Å². The molecule has 5 rings (SSSR count). The Labute approximate surface area is 227 Å². The number of ether oxygens (including phenoxy) is 1. The Balaban J connectivity index is 1.35. The highest BCUT2D eigenvalue weighted by Gasteiger charge is 2.45. The lowest BCUT2D eigenvalue weighted by molar-refractivity contribution is -0.145. The van der Waals surface area contributed by atoms with E-state index in [4.69, 9.17) is 4.74 Å². The van der Waals surface area contributed by atoms with Gasteiger partial charge in [0.1, 0.15) is 18.5 Å². The first kappa shape index (κ1) is 27.6. The number of aromatic nitrogens is 7. The lowest BCUT2D eigenvalue weighted by atomic mass is 10.2. The molecular weight excluding hydrogens is 551 g/mol. The lowest BCUT2D eigenvalue weighted by Crippen LogP contribution is -2.44. The minimum Gasteiger partial charge on any atom is -0.346 e. The maximum absolute atomic E-state index is 13.3. The van der Waals surface area contributed by atoms with Crippen LogP contribution in [-0.2, 0) is 34.1 Å². The summed E-state index contributed by atoms with van der Waals surface area (Å²) in [6.07, 6.45) is -2.19. The van der Waals surface area contributed by atoms with Crippen LogP contribution in [0.4, 0.5) is 19.0 Å². The Bertz CT molecular complexity index is 1780. The van der Waals surface area contributed by atoms with Crippen molar-refractivity contribution in [3.8, 4) is 11.3 Å². The summed E-state index contributed by atoms with van der Waals surface area (Å²) in [5.41, 5.74) is -0.743. The van der Waals surface area contributed by atoms with E-state index in [1.54, 1.807) is 25.1 Å². The predicted octanol–water partition coefficient (Wildman–Crippen LogP) is 0.828. The summed E-state index contributed by atoms with van der Waals surface area (Å²) in [7, 11) is 1.41. The van der Waals surface area contributed by atoms with Gasteiger partial charge in [-0.25, -0.2) is 29.3 Å². The summed E-state index contributed by atoms with van der Waals surface area (Å²) in [5, 5.41) is 5.11. The number of nitrogens with one attached hydrogen (secondary N) is 2. The molecule has 0 aliphatic carbocycles. The zero-order chi connectivity index (χ0) is 29.6. The second-order valence-corrected chi connectivity index (χ2v) is 9.27. The molecule has 1 aliphatic rings. The van der Waals surface area contributed by atoms with Crippen LogP contribution < -0.4 is 21.9 Å². The number of halogens is 3. The van der Waals surface area contributed by atoms with Gasteiger partial charge in [0.2, 0.25) is 17.6 Å². The van der Waals surface area contributed by atoms with E-state index in [2.05, 4.69) is 25.3 Å². The van der Waals surface area contributed by atoms with Crippen LogP contribution in [0.1, 0.15) is 25.7 Å². The molecule has 4 aromatic heterocycles. The van der Waals surface area contributed by atoms with Crippen LogP contribution in [0.3, 0.4) is 0 Å².